The number of halogens is 1. The van der Waals surface area contributed by atoms with Gasteiger partial charge in [0, 0.05) is 30.3 Å². The van der Waals surface area contributed by atoms with Gasteiger partial charge in [0.15, 0.2) is 0 Å². The molecule has 5 nitrogen and oxygen atoms in total. The highest BCUT2D eigenvalue weighted by Crippen LogP contribution is 2.37. The number of hydrogen-bond acceptors (Lipinski definition) is 4. The molecule has 0 bridgehead atoms. The topological polar surface area (TPSA) is 49.6 Å². The van der Waals surface area contributed by atoms with Crippen molar-refractivity contribution in [2.45, 2.75) is 44.7 Å². The standard InChI is InChI=1S/C25H26FN3O2/c26-20-11-7-10-19(16-20)24(30)29(21-12-13-21)17-22-23(18-8-3-1-4-9-18)27-31-25(22)28-14-5-2-6-15-28/h1,3-4,7-11,16,21H,2,5-6,12-15,17H2. The predicted octanol–water partition coefficient (Wildman–Crippen LogP) is 5.28. The Morgan fingerprint density at radius 2 is 1.84 bits per heavy atom. The summed E-state index contributed by atoms with van der Waals surface area (Å²) in [5.74, 6) is 0.216. The number of aromatic nitrogens is 1. The molecule has 1 aromatic heterocycles. The van der Waals surface area contributed by atoms with Crippen molar-refractivity contribution in [1.82, 2.24) is 10.1 Å². The molecule has 0 spiro atoms. The van der Waals surface area contributed by atoms with Crippen molar-refractivity contribution in [3.8, 4) is 11.3 Å². The molecule has 3 aromatic rings. The van der Waals surface area contributed by atoms with Gasteiger partial charge in [-0.05, 0) is 50.3 Å². The molecule has 1 aliphatic carbocycles. The van der Waals surface area contributed by atoms with Gasteiger partial charge >= 0.3 is 0 Å². The molecule has 1 saturated heterocycles. The van der Waals surface area contributed by atoms with Crippen LogP contribution in [0.4, 0.5) is 10.3 Å². The van der Waals surface area contributed by atoms with E-state index < -0.39 is 5.82 Å². The van der Waals surface area contributed by atoms with Crippen LogP contribution in [0.25, 0.3) is 11.3 Å². The van der Waals surface area contributed by atoms with Crippen molar-refractivity contribution in [3.05, 3.63) is 71.5 Å². The van der Waals surface area contributed by atoms with Gasteiger partial charge in [0.2, 0.25) is 5.88 Å². The fourth-order valence-electron chi connectivity index (χ4n) is 4.32. The van der Waals surface area contributed by atoms with Crippen molar-refractivity contribution in [2.24, 2.45) is 0 Å². The highest BCUT2D eigenvalue weighted by molar-refractivity contribution is 5.94. The molecule has 6 heteroatoms. The van der Waals surface area contributed by atoms with E-state index in [0.717, 1.165) is 61.5 Å². The third kappa shape index (κ3) is 4.20. The minimum absolute atomic E-state index is 0.146. The summed E-state index contributed by atoms with van der Waals surface area (Å²) in [6.45, 7) is 2.26. The molecule has 5 rings (SSSR count). The predicted molar refractivity (Wildman–Crippen MR) is 117 cm³/mol. The molecule has 2 heterocycles. The molecular formula is C25H26FN3O2. The number of anilines is 1. The Balaban J connectivity index is 1.52. The Morgan fingerprint density at radius 3 is 2.55 bits per heavy atom. The van der Waals surface area contributed by atoms with Crippen LogP contribution in [0.1, 0.15) is 48.0 Å². The summed E-state index contributed by atoms with van der Waals surface area (Å²) in [5, 5.41) is 4.43. The molecule has 1 saturated carbocycles. The summed E-state index contributed by atoms with van der Waals surface area (Å²) in [5.41, 5.74) is 3.06. The smallest absolute Gasteiger partial charge is 0.254 e. The van der Waals surface area contributed by atoms with Crippen LogP contribution in [0.5, 0.6) is 0 Å². The first-order chi connectivity index (χ1) is 15.2. The first kappa shape index (κ1) is 19.8. The Hall–Kier alpha value is -3.15. The quantitative estimate of drug-likeness (QED) is 0.546. The maximum absolute atomic E-state index is 13.8. The van der Waals surface area contributed by atoms with Gasteiger partial charge in [-0.15, -0.1) is 0 Å². The molecule has 1 aliphatic heterocycles. The first-order valence-corrected chi connectivity index (χ1v) is 11.1. The second-order valence-electron chi connectivity index (χ2n) is 8.40. The zero-order valence-electron chi connectivity index (χ0n) is 17.5. The van der Waals surface area contributed by atoms with Gasteiger partial charge in [0.25, 0.3) is 5.91 Å². The molecular weight excluding hydrogens is 393 g/mol. The van der Waals surface area contributed by atoms with E-state index in [0.29, 0.717) is 12.1 Å². The Labute approximate surface area is 181 Å². The molecule has 0 atom stereocenters. The molecule has 31 heavy (non-hydrogen) atoms. The number of amides is 1. The molecule has 2 fully saturated rings. The number of carbonyl (C=O) groups excluding carboxylic acids is 1. The normalized spacial score (nSPS) is 16.4. The van der Waals surface area contributed by atoms with Crippen molar-refractivity contribution in [3.63, 3.8) is 0 Å². The lowest BCUT2D eigenvalue weighted by Gasteiger charge is -2.28. The van der Waals surface area contributed by atoms with Gasteiger partial charge in [-0.1, -0.05) is 41.6 Å². The number of carbonyl (C=O) groups is 1. The molecule has 1 amide bonds. The second kappa shape index (κ2) is 8.53. The molecule has 160 valence electrons. The number of piperidine rings is 1. The van der Waals surface area contributed by atoms with Gasteiger partial charge in [0.1, 0.15) is 11.5 Å². The van der Waals surface area contributed by atoms with Crippen LogP contribution in [0.15, 0.2) is 59.1 Å². The molecule has 0 N–H and O–H groups in total. The van der Waals surface area contributed by atoms with E-state index in [2.05, 4.69) is 10.1 Å². The minimum atomic E-state index is -0.398. The van der Waals surface area contributed by atoms with E-state index in [1.807, 2.05) is 35.2 Å². The summed E-state index contributed by atoms with van der Waals surface area (Å²) in [6, 6.07) is 16.1. The van der Waals surface area contributed by atoms with Gasteiger partial charge < -0.3 is 14.3 Å². The second-order valence-corrected chi connectivity index (χ2v) is 8.40. The summed E-state index contributed by atoms with van der Waals surface area (Å²) >= 11 is 0. The van der Waals surface area contributed by atoms with Crippen molar-refractivity contribution >= 4 is 11.8 Å². The number of nitrogens with zero attached hydrogens (tertiary/aromatic N) is 3. The van der Waals surface area contributed by atoms with E-state index in [1.165, 1.54) is 18.6 Å². The third-order valence-corrected chi connectivity index (χ3v) is 6.11. The van der Waals surface area contributed by atoms with Crippen LogP contribution >= 0.6 is 0 Å². The molecule has 0 unspecified atom stereocenters. The summed E-state index contributed by atoms with van der Waals surface area (Å²) in [7, 11) is 0. The molecule has 0 radical (unpaired) electrons. The van der Waals surface area contributed by atoms with E-state index in [4.69, 9.17) is 4.52 Å². The highest BCUT2D eigenvalue weighted by atomic mass is 19.1. The first-order valence-electron chi connectivity index (χ1n) is 11.1. The third-order valence-electron chi connectivity index (χ3n) is 6.11. The number of rotatable bonds is 6. The zero-order valence-corrected chi connectivity index (χ0v) is 17.5. The Morgan fingerprint density at radius 1 is 1.06 bits per heavy atom. The van der Waals surface area contributed by atoms with E-state index >= 15 is 0 Å². The van der Waals surface area contributed by atoms with E-state index in [9.17, 15) is 9.18 Å². The number of benzene rings is 2. The van der Waals surface area contributed by atoms with Crippen LogP contribution in [0.3, 0.4) is 0 Å². The van der Waals surface area contributed by atoms with Crippen molar-refractivity contribution in [1.29, 1.82) is 0 Å². The molecule has 2 aliphatic rings. The SMILES string of the molecule is O=C(c1cccc(F)c1)N(Cc1c(-c2ccccc2)noc1N1CCCCC1)C1CC1. The zero-order chi connectivity index (χ0) is 21.2. The fourth-order valence-corrected chi connectivity index (χ4v) is 4.32. The lowest BCUT2D eigenvalue weighted by molar-refractivity contribution is 0.0729. The van der Waals surface area contributed by atoms with Crippen LogP contribution in [0, 0.1) is 5.82 Å². The lowest BCUT2D eigenvalue weighted by Crippen LogP contribution is -2.34. The average Bonchev–Trinajstić information content (AvgIpc) is 3.57. The average molecular weight is 420 g/mol. The maximum atomic E-state index is 13.8. The Bertz CT molecular complexity index is 1060. The van der Waals surface area contributed by atoms with Gasteiger partial charge in [-0.2, -0.15) is 0 Å². The van der Waals surface area contributed by atoms with Gasteiger partial charge in [-0.25, -0.2) is 4.39 Å². The van der Waals surface area contributed by atoms with Crippen LogP contribution < -0.4 is 4.90 Å². The van der Waals surface area contributed by atoms with Crippen LogP contribution in [0.2, 0.25) is 0 Å². The lowest BCUT2D eigenvalue weighted by atomic mass is 10.0. The monoisotopic (exact) mass is 419 g/mol. The molecule has 2 aromatic carbocycles. The summed E-state index contributed by atoms with van der Waals surface area (Å²) < 4.78 is 19.6. The fraction of sp³-hybridized carbons (Fsp3) is 0.360. The number of hydrogen-bond donors (Lipinski definition) is 0. The minimum Gasteiger partial charge on any atom is -0.340 e. The van der Waals surface area contributed by atoms with Gasteiger partial charge in [-0.3, -0.25) is 4.79 Å². The van der Waals surface area contributed by atoms with Crippen LogP contribution in [-0.4, -0.2) is 35.1 Å². The van der Waals surface area contributed by atoms with E-state index in [-0.39, 0.29) is 11.9 Å². The highest BCUT2D eigenvalue weighted by Gasteiger charge is 2.36. The van der Waals surface area contributed by atoms with Gasteiger partial charge in [0.05, 0.1) is 12.1 Å². The van der Waals surface area contributed by atoms with E-state index in [1.54, 1.807) is 12.1 Å². The van der Waals surface area contributed by atoms with Crippen molar-refractivity contribution in [2.75, 3.05) is 18.0 Å². The Kier molecular flexibility index (Phi) is 5.45. The largest absolute Gasteiger partial charge is 0.340 e. The maximum Gasteiger partial charge on any atom is 0.254 e. The van der Waals surface area contributed by atoms with Crippen LogP contribution in [-0.2, 0) is 6.54 Å². The summed E-state index contributed by atoms with van der Waals surface area (Å²) in [4.78, 5) is 17.4. The summed E-state index contributed by atoms with van der Waals surface area (Å²) in [6.07, 6.45) is 5.39. The van der Waals surface area contributed by atoms with Crippen molar-refractivity contribution < 1.29 is 13.7 Å².